The molecule has 0 amide bonds. The zero-order valence-corrected chi connectivity index (χ0v) is 15.1. The standard InChI is InChI=1S/C19H20N4O2S/c20-16-2-1-13(14-3-8-25-12-14)9-15(16)10-17(24)19-22-11-18(26-19)23-6-4-21-5-7-23/h1-3,8-9,11-12,21H,4-7,10,20H2. The second-order valence-electron chi connectivity index (χ2n) is 6.27. The van der Waals surface area contributed by atoms with Crippen molar-refractivity contribution in [2.24, 2.45) is 0 Å². The molecule has 3 N–H and O–H groups in total. The fourth-order valence-corrected chi connectivity index (χ4v) is 3.95. The van der Waals surface area contributed by atoms with Crippen LogP contribution >= 0.6 is 11.3 Å². The number of ketones is 1. The lowest BCUT2D eigenvalue weighted by molar-refractivity contribution is 0.0993. The lowest BCUT2D eigenvalue weighted by Crippen LogP contribution is -2.43. The van der Waals surface area contributed by atoms with E-state index in [4.69, 9.17) is 10.2 Å². The van der Waals surface area contributed by atoms with Crippen LogP contribution in [0.5, 0.6) is 0 Å². The number of nitrogens with two attached hydrogens (primary N) is 1. The first kappa shape index (κ1) is 16.8. The number of anilines is 2. The molecular formula is C19H20N4O2S. The van der Waals surface area contributed by atoms with Crippen molar-refractivity contribution in [2.45, 2.75) is 6.42 Å². The predicted molar refractivity (Wildman–Crippen MR) is 104 cm³/mol. The second kappa shape index (κ2) is 7.31. The van der Waals surface area contributed by atoms with E-state index >= 15 is 0 Å². The van der Waals surface area contributed by atoms with E-state index in [1.54, 1.807) is 18.7 Å². The molecule has 26 heavy (non-hydrogen) atoms. The molecule has 0 aliphatic carbocycles. The van der Waals surface area contributed by atoms with Gasteiger partial charge >= 0.3 is 0 Å². The molecule has 1 aliphatic heterocycles. The maximum absolute atomic E-state index is 12.7. The van der Waals surface area contributed by atoms with Gasteiger partial charge in [-0.15, -0.1) is 0 Å². The third-order valence-electron chi connectivity index (χ3n) is 4.51. The van der Waals surface area contributed by atoms with E-state index in [0.29, 0.717) is 10.7 Å². The van der Waals surface area contributed by atoms with Crippen molar-refractivity contribution in [2.75, 3.05) is 36.8 Å². The minimum absolute atomic E-state index is 0.00701. The van der Waals surface area contributed by atoms with Crippen molar-refractivity contribution in [3.8, 4) is 11.1 Å². The summed E-state index contributed by atoms with van der Waals surface area (Å²) >= 11 is 1.46. The van der Waals surface area contributed by atoms with Gasteiger partial charge in [-0.25, -0.2) is 4.98 Å². The normalized spacial score (nSPS) is 14.5. The van der Waals surface area contributed by atoms with Crippen LogP contribution in [-0.2, 0) is 6.42 Å². The van der Waals surface area contributed by atoms with Crippen molar-refractivity contribution in [1.29, 1.82) is 0 Å². The molecule has 1 saturated heterocycles. The van der Waals surface area contributed by atoms with Crippen LogP contribution in [0.2, 0.25) is 0 Å². The molecule has 0 unspecified atom stereocenters. The van der Waals surface area contributed by atoms with Crippen molar-refractivity contribution >= 4 is 27.8 Å². The molecule has 0 spiro atoms. The number of nitrogens with one attached hydrogen (secondary N) is 1. The van der Waals surface area contributed by atoms with Crippen LogP contribution < -0.4 is 16.0 Å². The van der Waals surface area contributed by atoms with E-state index in [2.05, 4.69) is 15.2 Å². The molecule has 134 valence electrons. The molecular weight excluding hydrogens is 348 g/mol. The first-order valence-corrected chi connectivity index (χ1v) is 9.38. The quantitative estimate of drug-likeness (QED) is 0.532. The highest BCUT2D eigenvalue weighted by atomic mass is 32.1. The molecule has 0 bridgehead atoms. The van der Waals surface area contributed by atoms with Crippen molar-refractivity contribution in [1.82, 2.24) is 10.3 Å². The molecule has 0 saturated carbocycles. The number of carbonyl (C=O) groups is 1. The number of nitrogens with zero attached hydrogens (tertiary/aromatic N) is 2. The average molecular weight is 368 g/mol. The first-order chi connectivity index (χ1) is 12.7. The van der Waals surface area contributed by atoms with Crippen LogP contribution in [-0.4, -0.2) is 36.9 Å². The number of rotatable bonds is 5. The van der Waals surface area contributed by atoms with E-state index in [0.717, 1.165) is 47.9 Å². The molecule has 1 aromatic carbocycles. The number of Topliss-reactive ketones (excluding diaryl/α,β-unsaturated/α-hetero) is 1. The van der Waals surface area contributed by atoms with Gasteiger partial charge in [0.25, 0.3) is 0 Å². The van der Waals surface area contributed by atoms with Gasteiger partial charge in [0.15, 0.2) is 10.8 Å². The summed E-state index contributed by atoms with van der Waals surface area (Å²) in [6.07, 6.45) is 5.35. The predicted octanol–water partition coefficient (Wildman–Crippen LogP) is 2.82. The molecule has 7 heteroatoms. The Hall–Kier alpha value is -2.64. The number of hydrogen-bond acceptors (Lipinski definition) is 7. The van der Waals surface area contributed by atoms with Crippen molar-refractivity contribution in [3.63, 3.8) is 0 Å². The molecule has 0 radical (unpaired) electrons. The Morgan fingerprint density at radius 1 is 1.27 bits per heavy atom. The first-order valence-electron chi connectivity index (χ1n) is 8.56. The second-order valence-corrected chi connectivity index (χ2v) is 7.28. The summed E-state index contributed by atoms with van der Waals surface area (Å²) in [5.74, 6) is -0.00701. The monoisotopic (exact) mass is 368 g/mol. The van der Waals surface area contributed by atoms with Crippen LogP contribution in [0.15, 0.2) is 47.4 Å². The molecule has 1 aliphatic rings. The van der Waals surface area contributed by atoms with Crippen LogP contribution in [0, 0.1) is 0 Å². The summed E-state index contributed by atoms with van der Waals surface area (Å²) < 4.78 is 5.13. The molecule has 1 fully saturated rings. The third kappa shape index (κ3) is 3.49. The highest BCUT2D eigenvalue weighted by molar-refractivity contribution is 7.17. The Morgan fingerprint density at radius 3 is 2.88 bits per heavy atom. The number of carbonyl (C=O) groups excluding carboxylic acids is 1. The van der Waals surface area contributed by atoms with Gasteiger partial charge in [0.2, 0.25) is 0 Å². The van der Waals surface area contributed by atoms with Gasteiger partial charge in [0.05, 0.1) is 18.7 Å². The number of nitrogen functional groups attached to an aromatic ring is 1. The number of piperazine rings is 1. The van der Waals surface area contributed by atoms with Gasteiger partial charge < -0.3 is 20.4 Å². The average Bonchev–Trinajstić information content (AvgIpc) is 3.36. The van der Waals surface area contributed by atoms with Gasteiger partial charge in [-0.05, 0) is 29.3 Å². The van der Waals surface area contributed by atoms with Crippen LogP contribution in [0.4, 0.5) is 10.7 Å². The van der Waals surface area contributed by atoms with Gasteiger partial charge in [0, 0.05) is 43.9 Å². The maximum atomic E-state index is 12.7. The molecule has 2 aromatic heterocycles. The fraction of sp³-hybridized carbons (Fsp3) is 0.263. The SMILES string of the molecule is Nc1ccc(-c2ccoc2)cc1CC(=O)c1ncc(N2CCNCC2)s1. The Balaban J connectivity index is 1.51. The molecule has 6 nitrogen and oxygen atoms in total. The number of thiazole rings is 1. The van der Waals surface area contributed by atoms with Crippen molar-refractivity contribution in [3.05, 3.63) is 53.6 Å². The molecule has 0 atom stereocenters. The van der Waals surface area contributed by atoms with Crippen LogP contribution in [0.3, 0.4) is 0 Å². The maximum Gasteiger partial charge on any atom is 0.195 e. The topological polar surface area (TPSA) is 84.4 Å². The van der Waals surface area contributed by atoms with E-state index in [1.165, 1.54) is 11.3 Å². The van der Waals surface area contributed by atoms with Gasteiger partial charge in [0.1, 0.15) is 5.00 Å². The number of benzene rings is 1. The summed E-state index contributed by atoms with van der Waals surface area (Å²) in [7, 11) is 0. The minimum atomic E-state index is -0.00701. The highest BCUT2D eigenvalue weighted by Crippen LogP contribution is 2.28. The minimum Gasteiger partial charge on any atom is -0.472 e. The molecule has 3 heterocycles. The lowest BCUT2D eigenvalue weighted by atomic mass is 10.0. The zero-order chi connectivity index (χ0) is 17.9. The summed E-state index contributed by atoms with van der Waals surface area (Å²) in [6.45, 7) is 3.79. The van der Waals surface area contributed by atoms with Crippen molar-refractivity contribution < 1.29 is 9.21 Å². The van der Waals surface area contributed by atoms with E-state index in [-0.39, 0.29) is 12.2 Å². The Labute approximate surface area is 155 Å². The largest absolute Gasteiger partial charge is 0.472 e. The smallest absolute Gasteiger partial charge is 0.195 e. The number of hydrogen-bond donors (Lipinski definition) is 2. The van der Waals surface area contributed by atoms with Gasteiger partial charge in [-0.1, -0.05) is 17.4 Å². The van der Waals surface area contributed by atoms with E-state index < -0.39 is 0 Å². The van der Waals surface area contributed by atoms with E-state index in [1.807, 2.05) is 24.3 Å². The summed E-state index contributed by atoms with van der Waals surface area (Å²) in [6, 6.07) is 7.60. The number of aromatic nitrogens is 1. The Kier molecular flexibility index (Phi) is 4.73. The highest BCUT2D eigenvalue weighted by Gasteiger charge is 2.18. The van der Waals surface area contributed by atoms with Gasteiger partial charge in [-0.3, -0.25) is 4.79 Å². The van der Waals surface area contributed by atoms with Gasteiger partial charge in [-0.2, -0.15) is 0 Å². The molecule has 3 aromatic rings. The summed E-state index contributed by atoms with van der Waals surface area (Å²) in [5.41, 5.74) is 9.46. The zero-order valence-electron chi connectivity index (χ0n) is 14.3. The molecule has 4 rings (SSSR count). The fourth-order valence-electron chi connectivity index (χ4n) is 3.04. The Morgan fingerprint density at radius 2 is 2.12 bits per heavy atom. The van der Waals surface area contributed by atoms with Crippen LogP contribution in [0.1, 0.15) is 15.4 Å². The lowest BCUT2D eigenvalue weighted by Gasteiger charge is -2.27. The number of furan rings is 1. The Bertz CT molecular complexity index is 898. The third-order valence-corrected chi connectivity index (χ3v) is 5.61. The summed E-state index contributed by atoms with van der Waals surface area (Å²) in [4.78, 5) is 19.3. The van der Waals surface area contributed by atoms with E-state index in [9.17, 15) is 4.79 Å². The summed E-state index contributed by atoms with van der Waals surface area (Å²) in [5, 5.41) is 4.91. The van der Waals surface area contributed by atoms with Crippen LogP contribution in [0.25, 0.3) is 11.1 Å².